The number of amides is 1. The standard InChI is InChI=1S/C24H26N2O5S/c1-18(2)17-31-23-8-4-3-7-22(23)26-24(27)14-11-19-9-12-21(13-10-19)32(28,29)25-16-20-6-5-15-30-20/h3-15,18,25H,16-17H2,1-2H3,(H,26,27). The molecule has 0 fully saturated rings. The Bertz CT molecular complexity index is 1150. The van der Waals surface area contributed by atoms with Gasteiger partial charge in [-0.2, -0.15) is 0 Å². The molecular formula is C24H26N2O5S. The Kier molecular flexibility index (Phi) is 7.86. The first-order valence-electron chi connectivity index (χ1n) is 10.2. The van der Waals surface area contributed by atoms with Gasteiger partial charge in [0.2, 0.25) is 15.9 Å². The molecule has 0 atom stereocenters. The summed E-state index contributed by atoms with van der Waals surface area (Å²) in [5.74, 6) is 1.18. The number of hydrogen-bond donors (Lipinski definition) is 2. The van der Waals surface area contributed by atoms with Gasteiger partial charge in [0.1, 0.15) is 11.5 Å². The third-order valence-corrected chi connectivity index (χ3v) is 5.77. The summed E-state index contributed by atoms with van der Waals surface area (Å²) in [6.45, 7) is 4.72. The lowest BCUT2D eigenvalue weighted by Gasteiger charge is -2.13. The van der Waals surface area contributed by atoms with Gasteiger partial charge in [-0.05, 0) is 54.0 Å². The van der Waals surface area contributed by atoms with E-state index in [2.05, 4.69) is 23.9 Å². The summed E-state index contributed by atoms with van der Waals surface area (Å²) >= 11 is 0. The van der Waals surface area contributed by atoms with Crippen molar-refractivity contribution in [1.29, 1.82) is 0 Å². The van der Waals surface area contributed by atoms with Gasteiger partial charge in [0.15, 0.2) is 0 Å². The predicted octanol–water partition coefficient (Wildman–Crippen LogP) is 4.44. The lowest BCUT2D eigenvalue weighted by Crippen LogP contribution is -2.22. The van der Waals surface area contributed by atoms with Crippen LogP contribution in [0.3, 0.4) is 0 Å². The summed E-state index contributed by atoms with van der Waals surface area (Å²) in [7, 11) is -3.67. The van der Waals surface area contributed by atoms with Gasteiger partial charge < -0.3 is 14.5 Å². The third-order valence-electron chi connectivity index (χ3n) is 4.35. The van der Waals surface area contributed by atoms with Crippen molar-refractivity contribution in [2.45, 2.75) is 25.3 Å². The molecule has 0 aliphatic rings. The van der Waals surface area contributed by atoms with Crippen LogP contribution in [-0.2, 0) is 21.4 Å². The maximum Gasteiger partial charge on any atom is 0.248 e. The van der Waals surface area contributed by atoms with E-state index in [1.807, 2.05) is 12.1 Å². The van der Waals surface area contributed by atoms with E-state index in [-0.39, 0.29) is 17.3 Å². The van der Waals surface area contributed by atoms with E-state index in [0.717, 1.165) is 0 Å². The molecule has 7 nitrogen and oxygen atoms in total. The molecule has 1 amide bonds. The Balaban J connectivity index is 1.59. The predicted molar refractivity (Wildman–Crippen MR) is 124 cm³/mol. The largest absolute Gasteiger partial charge is 0.491 e. The summed E-state index contributed by atoms with van der Waals surface area (Å²) in [6, 6.07) is 16.9. The van der Waals surface area contributed by atoms with Crippen LogP contribution in [0.5, 0.6) is 5.75 Å². The number of sulfonamides is 1. The second-order valence-electron chi connectivity index (χ2n) is 7.50. The average molecular weight is 455 g/mol. The minimum atomic E-state index is -3.67. The molecule has 8 heteroatoms. The Labute approximate surface area is 188 Å². The van der Waals surface area contributed by atoms with Crippen molar-refractivity contribution in [3.8, 4) is 5.75 Å². The van der Waals surface area contributed by atoms with Crippen LogP contribution < -0.4 is 14.8 Å². The zero-order valence-corrected chi connectivity index (χ0v) is 18.8. The van der Waals surface area contributed by atoms with Crippen molar-refractivity contribution < 1.29 is 22.4 Å². The molecule has 168 valence electrons. The fourth-order valence-corrected chi connectivity index (χ4v) is 3.71. The van der Waals surface area contributed by atoms with E-state index in [1.54, 1.807) is 42.5 Å². The van der Waals surface area contributed by atoms with Crippen LogP contribution in [-0.4, -0.2) is 20.9 Å². The van der Waals surface area contributed by atoms with E-state index in [4.69, 9.17) is 9.15 Å². The fraction of sp³-hybridized carbons (Fsp3) is 0.208. The lowest BCUT2D eigenvalue weighted by molar-refractivity contribution is -0.111. The Hall–Kier alpha value is -3.36. The molecule has 1 heterocycles. The van der Waals surface area contributed by atoms with Gasteiger partial charge in [-0.15, -0.1) is 0 Å². The Morgan fingerprint density at radius 3 is 2.50 bits per heavy atom. The second-order valence-corrected chi connectivity index (χ2v) is 9.26. The van der Waals surface area contributed by atoms with E-state index in [1.165, 1.54) is 24.5 Å². The molecule has 3 rings (SSSR count). The molecule has 32 heavy (non-hydrogen) atoms. The van der Waals surface area contributed by atoms with Crippen LogP contribution in [0.2, 0.25) is 0 Å². The molecular weight excluding hydrogens is 428 g/mol. The maximum absolute atomic E-state index is 12.4. The van der Waals surface area contributed by atoms with E-state index in [0.29, 0.717) is 35.3 Å². The van der Waals surface area contributed by atoms with Crippen molar-refractivity contribution in [2.75, 3.05) is 11.9 Å². The molecule has 3 aromatic rings. The number of para-hydroxylation sites is 2. The molecule has 0 saturated carbocycles. The van der Waals surface area contributed by atoms with Gasteiger partial charge in [0.25, 0.3) is 0 Å². The van der Waals surface area contributed by atoms with Gasteiger partial charge in [-0.25, -0.2) is 13.1 Å². The van der Waals surface area contributed by atoms with Gasteiger partial charge in [-0.1, -0.05) is 38.1 Å². The number of furan rings is 1. The summed E-state index contributed by atoms with van der Waals surface area (Å²) in [6.07, 6.45) is 4.48. The van der Waals surface area contributed by atoms with Crippen molar-refractivity contribution >= 4 is 27.7 Å². The number of carbonyl (C=O) groups excluding carboxylic acids is 1. The van der Waals surface area contributed by atoms with Crippen molar-refractivity contribution in [3.05, 3.63) is 84.3 Å². The van der Waals surface area contributed by atoms with E-state index < -0.39 is 10.0 Å². The Morgan fingerprint density at radius 1 is 1.06 bits per heavy atom. The van der Waals surface area contributed by atoms with Gasteiger partial charge in [-0.3, -0.25) is 4.79 Å². The number of rotatable bonds is 10. The van der Waals surface area contributed by atoms with Gasteiger partial charge >= 0.3 is 0 Å². The number of anilines is 1. The molecule has 0 bridgehead atoms. The summed E-state index contributed by atoms with van der Waals surface area (Å²) < 4.78 is 38.1. The third kappa shape index (κ3) is 6.83. The van der Waals surface area contributed by atoms with Crippen LogP contribution in [0.15, 0.2) is 82.3 Å². The topological polar surface area (TPSA) is 97.6 Å². The van der Waals surface area contributed by atoms with Crippen LogP contribution in [0.1, 0.15) is 25.2 Å². The SMILES string of the molecule is CC(C)COc1ccccc1NC(=O)C=Cc1ccc(S(=O)(=O)NCc2ccco2)cc1. The molecule has 0 saturated heterocycles. The van der Waals surface area contributed by atoms with Crippen molar-refractivity contribution in [1.82, 2.24) is 4.72 Å². The normalized spacial score (nSPS) is 11.7. The van der Waals surface area contributed by atoms with E-state index >= 15 is 0 Å². The van der Waals surface area contributed by atoms with E-state index in [9.17, 15) is 13.2 Å². The second kappa shape index (κ2) is 10.8. The highest BCUT2D eigenvalue weighted by atomic mass is 32.2. The Morgan fingerprint density at radius 2 is 1.81 bits per heavy atom. The minimum Gasteiger partial charge on any atom is -0.491 e. The molecule has 2 N–H and O–H groups in total. The van der Waals surface area contributed by atoms with Gasteiger partial charge in [0.05, 0.1) is 30.0 Å². The number of ether oxygens (including phenoxy) is 1. The molecule has 0 radical (unpaired) electrons. The average Bonchev–Trinajstić information content (AvgIpc) is 3.30. The lowest BCUT2D eigenvalue weighted by atomic mass is 10.2. The van der Waals surface area contributed by atoms with Crippen LogP contribution in [0.25, 0.3) is 6.08 Å². The first-order valence-corrected chi connectivity index (χ1v) is 11.6. The summed E-state index contributed by atoms with van der Waals surface area (Å²) in [5, 5.41) is 2.80. The fourth-order valence-electron chi connectivity index (χ4n) is 2.72. The molecule has 1 aromatic heterocycles. The first-order chi connectivity index (χ1) is 15.3. The van der Waals surface area contributed by atoms with Crippen molar-refractivity contribution in [3.63, 3.8) is 0 Å². The maximum atomic E-state index is 12.4. The zero-order chi connectivity index (χ0) is 23.0. The van der Waals surface area contributed by atoms with Gasteiger partial charge in [0, 0.05) is 6.08 Å². The quantitative estimate of drug-likeness (QED) is 0.441. The molecule has 0 aliphatic carbocycles. The summed E-state index contributed by atoms with van der Waals surface area (Å²) in [5.41, 5.74) is 1.28. The molecule has 0 aliphatic heterocycles. The molecule has 0 unspecified atom stereocenters. The monoisotopic (exact) mass is 454 g/mol. The number of hydrogen-bond acceptors (Lipinski definition) is 5. The van der Waals surface area contributed by atoms with Crippen LogP contribution >= 0.6 is 0 Å². The smallest absolute Gasteiger partial charge is 0.248 e. The molecule has 2 aromatic carbocycles. The van der Waals surface area contributed by atoms with Crippen LogP contribution in [0.4, 0.5) is 5.69 Å². The van der Waals surface area contributed by atoms with Crippen LogP contribution in [0, 0.1) is 5.92 Å². The minimum absolute atomic E-state index is 0.0690. The summed E-state index contributed by atoms with van der Waals surface area (Å²) in [4.78, 5) is 12.5. The highest BCUT2D eigenvalue weighted by molar-refractivity contribution is 7.89. The molecule has 0 spiro atoms. The highest BCUT2D eigenvalue weighted by Crippen LogP contribution is 2.24. The number of nitrogens with one attached hydrogen (secondary N) is 2. The first kappa shape index (κ1) is 23.3. The zero-order valence-electron chi connectivity index (χ0n) is 17.9. The highest BCUT2D eigenvalue weighted by Gasteiger charge is 2.14. The van der Waals surface area contributed by atoms with Crippen molar-refractivity contribution in [2.24, 2.45) is 5.92 Å². The number of benzene rings is 2. The number of carbonyl (C=O) groups is 1.